The number of piperidine rings is 1. The third kappa shape index (κ3) is 2.94. The number of rotatable bonds is 3. The molecule has 1 aromatic carbocycles. The molecule has 0 spiro atoms. The largest absolute Gasteiger partial charge is 0.423 e. The van der Waals surface area contributed by atoms with Crippen molar-refractivity contribution in [1.29, 1.82) is 0 Å². The maximum absolute atomic E-state index is 11.3. The predicted molar refractivity (Wildman–Crippen MR) is 77.2 cm³/mol. The number of hydrogen-bond donors (Lipinski definition) is 1. The fraction of sp³-hybridized carbons (Fsp3) is 0.462. The number of anilines is 1. The minimum Gasteiger partial charge on any atom is -0.423 e. The van der Waals surface area contributed by atoms with Gasteiger partial charge in [-0.15, -0.1) is 0 Å². The Morgan fingerprint density at radius 3 is 2.95 bits per heavy atom. The highest BCUT2D eigenvalue weighted by Crippen LogP contribution is 2.24. The van der Waals surface area contributed by atoms with Gasteiger partial charge in [-0.1, -0.05) is 12.1 Å². The molecule has 1 aliphatic rings. The summed E-state index contributed by atoms with van der Waals surface area (Å²) < 4.78 is 31.0. The monoisotopic (exact) mass is 295 g/mol. The molecule has 108 valence electrons. The van der Waals surface area contributed by atoms with Crippen LogP contribution in [0.1, 0.15) is 12.8 Å². The molecule has 1 atom stereocenters. The summed E-state index contributed by atoms with van der Waals surface area (Å²) in [4.78, 5) is 6.44. The highest BCUT2D eigenvalue weighted by Gasteiger charge is 2.25. The number of nitrogens with one attached hydrogen (secondary N) is 1. The molecule has 1 aromatic heterocycles. The first-order valence-electron chi connectivity index (χ1n) is 6.59. The summed E-state index contributed by atoms with van der Waals surface area (Å²) in [7, 11) is -3.18. The molecule has 0 amide bonds. The Morgan fingerprint density at radius 2 is 2.20 bits per heavy atom. The second-order valence-electron chi connectivity index (χ2n) is 5.14. The van der Waals surface area contributed by atoms with Crippen molar-refractivity contribution in [3.8, 4) is 0 Å². The number of benzene rings is 1. The van der Waals surface area contributed by atoms with E-state index in [4.69, 9.17) is 4.42 Å². The van der Waals surface area contributed by atoms with E-state index in [1.807, 2.05) is 29.2 Å². The third-order valence-electron chi connectivity index (χ3n) is 3.36. The van der Waals surface area contributed by atoms with Gasteiger partial charge in [-0.05, 0) is 25.0 Å². The highest BCUT2D eigenvalue weighted by atomic mass is 32.2. The smallest absolute Gasteiger partial charge is 0.298 e. The van der Waals surface area contributed by atoms with Crippen molar-refractivity contribution in [3.05, 3.63) is 24.3 Å². The minimum absolute atomic E-state index is 0.0891. The molecule has 0 bridgehead atoms. The van der Waals surface area contributed by atoms with E-state index >= 15 is 0 Å². The predicted octanol–water partition coefficient (Wildman–Crippen LogP) is 1.35. The van der Waals surface area contributed by atoms with Gasteiger partial charge in [-0.3, -0.25) is 0 Å². The molecule has 7 heteroatoms. The van der Waals surface area contributed by atoms with Crippen LogP contribution in [0.4, 0.5) is 6.01 Å². The van der Waals surface area contributed by atoms with E-state index < -0.39 is 10.0 Å². The standard InChI is InChI=1S/C13H17N3O3S/c1-20(17,18)15-10-5-4-8-16(9-10)13-14-11-6-2-3-7-12(11)19-13/h2-3,6-7,10,15H,4-5,8-9H2,1H3. The lowest BCUT2D eigenvalue weighted by Crippen LogP contribution is -2.47. The van der Waals surface area contributed by atoms with E-state index in [1.165, 1.54) is 6.26 Å². The lowest BCUT2D eigenvalue weighted by Gasteiger charge is -2.31. The summed E-state index contributed by atoms with van der Waals surface area (Å²) in [6, 6.07) is 8.07. The van der Waals surface area contributed by atoms with Gasteiger partial charge in [0, 0.05) is 19.1 Å². The molecule has 2 aromatic rings. The molecule has 1 aliphatic heterocycles. The molecule has 0 radical (unpaired) electrons. The lowest BCUT2D eigenvalue weighted by molar-refractivity contribution is 0.441. The molecular weight excluding hydrogens is 278 g/mol. The van der Waals surface area contributed by atoms with Gasteiger partial charge in [0.15, 0.2) is 5.58 Å². The average Bonchev–Trinajstić information content (AvgIpc) is 2.80. The quantitative estimate of drug-likeness (QED) is 0.925. The second kappa shape index (κ2) is 5.06. The van der Waals surface area contributed by atoms with Gasteiger partial charge in [0.05, 0.1) is 6.26 Å². The minimum atomic E-state index is -3.18. The van der Waals surface area contributed by atoms with E-state index in [2.05, 4.69) is 9.71 Å². The first-order valence-corrected chi connectivity index (χ1v) is 8.48. The van der Waals surface area contributed by atoms with Gasteiger partial charge in [-0.25, -0.2) is 13.1 Å². The van der Waals surface area contributed by atoms with Crippen LogP contribution in [0.3, 0.4) is 0 Å². The molecule has 1 N–H and O–H groups in total. The van der Waals surface area contributed by atoms with Crippen molar-refractivity contribution in [3.63, 3.8) is 0 Å². The SMILES string of the molecule is CS(=O)(=O)NC1CCCN(c2nc3ccccc3o2)C1. The Bertz CT molecular complexity index is 677. The Kier molecular flexibility index (Phi) is 3.39. The van der Waals surface area contributed by atoms with Crippen LogP contribution in [0.25, 0.3) is 11.1 Å². The lowest BCUT2D eigenvalue weighted by atomic mass is 10.1. The number of fused-ring (bicyclic) bond motifs is 1. The van der Waals surface area contributed by atoms with Gasteiger partial charge >= 0.3 is 0 Å². The number of nitrogens with zero attached hydrogens (tertiary/aromatic N) is 2. The third-order valence-corrected chi connectivity index (χ3v) is 4.12. The number of para-hydroxylation sites is 2. The molecule has 1 fully saturated rings. The fourth-order valence-corrected chi connectivity index (χ4v) is 3.34. The topological polar surface area (TPSA) is 75.4 Å². The fourth-order valence-electron chi connectivity index (χ4n) is 2.55. The second-order valence-corrected chi connectivity index (χ2v) is 6.92. The van der Waals surface area contributed by atoms with Gasteiger partial charge in [0.25, 0.3) is 6.01 Å². The Balaban J connectivity index is 1.79. The molecule has 0 saturated carbocycles. The first kappa shape index (κ1) is 13.4. The molecule has 1 saturated heterocycles. The van der Waals surface area contributed by atoms with Gasteiger partial charge in [-0.2, -0.15) is 4.98 Å². The van der Waals surface area contributed by atoms with Crippen molar-refractivity contribution < 1.29 is 12.8 Å². The van der Waals surface area contributed by atoms with Crippen molar-refractivity contribution >= 4 is 27.1 Å². The zero-order valence-electron chi connectivity index (χ0n) is 11.2. The van der Waals surface area contributed by atoms with Crippen LogP contribution in [0.15, 0.2) is 28.7 Å². The molecule has 6 nitrogen and oxygen atoms in total. The van der Waals surface area contributed by atoms with Crippen LogP contribution in [0.2, 0.25) is 0 Å². The zero-order chi connectivity index (χ0) is 14.2. The molecule has 0 aliphatic carbocycles. The zero-order valence-corrected chi connectivity index (χ0v) is 12.1. The summed E-state index contributed by atoms with van der Waals surface area (Å²) in [5, 5.41) is 0. The molecule has 3 rings (SSSR count). The number of hydrogen-bond acceptors (Lipinski definition) is 5. The summed E-state index contributed by atoms with van der Waals surface area (Å²) in [6.07, 6.45) is 2.93. The maximum Gasteiger partial charge on any atom is 0.298 e. The molecule has 2 heterocycles. The van der Waals surface area contributed by atoms with E-state index in [-0.39, 0.29) is 6.04 Å². The van der Waals surface area contributed by atoms with Crippen LogP contribution >= 0.6 is 0 Å². The normalized spacial score (nSPS) is 20.4. The summed E-state index contributed by atoms with van der Waals surface area (Å²) in [6.45, 7) is 1.41. The van der Waals surface area contributed by atoms with Crippen molar-refractivity contribution in [2.45, 2.75) is 18.9 Å². The Morgan fingerprint density at radius 1 is 1.40 bits per heavy atom. The average molecular weight is 295 g/mol. The summed E-state index contributed by atoms with van der Waals surface area (Å²) in [5.74, 6) is 0. The Hall–Kier alpha value is -1.60. The van der Waals surface area contributed by atoms with Gasteiger partial charge in [0.2, 0.25) is 10.0 Å². The van der Waals surface area contributed by atoms with Crippen molar-refractivity contribution in [2.75, 3.05) is 24.2 Å². The van der Waals surface area contributed by atoms with Gasteiger partial charge in [0.1, 0.15) is 5.52 Å². The number of aromatic nitrogens is 1. The van der Waals surface area contributed by atoms with Crippen molar-refractivity contribution in [2.24, 2.45) is 0 Å². The summed E-state index contributed by atoms with van der Waals surface area (Å²) in [5.41, 5.74) is 1.57. The Labute approximate surface area is 117 Å². The van der Waals surface area contributed by atoms with E-state index in [1.54, 1.807) is 0 Å². The first-order chi connectivity index (χ1) is 9.51. The number of oxazole rings is 1. The molecule has 20 heavy (non-hydrogen) atoms. The van der Waals surface area contributed by atoms with E-state index in [9.17, 15) is 8.42 Å². The molecular formula is C13H17N3O3S. The van der Waals surface area contributed by atoms with E-state index in [0.717, 1.165) is 30.5 Å². The van der Waals surface area contributed by atoms with E-state index in [0.29, 0.717) is 12.6 Å². The van der Waals surface area contributed by atoms with Crippen molar-refractivity contribution in [1.82, 2.24) is 9.71 Å². The molecule has 1 unspecified atom stereocenters. The summed E-state index contributed by atoms with van der Waals surface area (Å²) >= 11 is 0. The van der Waals surface area contributed by atoms with Crippen LogP contribution in [-0.2, 0) is 10.0 Å². The van der Waals surface area contributed by atoms with Crippen LogP contribution < -0.4 is 9.62 Å². The maximum atomic E-state index is 11.3. The highest BCUT2D eigenvalue weighted by molar-refractivity contribution is 7.88. The van der Waals surface area contributed by atoms with Crippen LogP contribution in [0, 0.1) is 0 Å². The van der Waals surface area contributed by atoms with Crippen LogP contribution in [-0.4, -0.2) is 38.8 Å². The number of sulfonamides is 1. The van der Waals surface area contributed by atoms with Gasteiger partial charge < -0.3 is 9.32 Å². The van der Waals surface area contributed by atoms with Crippen LogP contribution in [0.5, 0.6) is 0 Å².